The van der Waals surface area contributed by atoms with Gasteiger partial charge in [-0.25, -0.2) is 18.7 Å². The summed E-state index contributed by atoms with van der Waals surface area (Å²) < 4.78 is 34.7. The van der Waals surface area contributed by atoms with Gasteiger partial charge in [0.1, 0.15) is 35.0 Å². The lowest BCUT2D eigenvalue weighted by Gasteiger charge is -2.08. The maximum absolute atomic E-state index is 14.3. The second-order valence-corrected chi connectivity index (χ2v) is 7.48. The molecular weight excluding hydrogens is 456 g/mol. The number of anilines is 2. The molecule has 1 amide bonds. The van der Waals surface area contributed by atoms with Crippen LogP contribution in [0.2, 0.25) is 0 Å². The summed E-state index contributed by atoms with van der Waals surface area (Å²) in [4.78, 5) is 20.9. The minimum absolute atomic E-state index is 0.0358. The van der Waals surface area contributed by atoms with E-state index in [4.69, 9.17) is 10.3 Å². The zero-order chi connectivity index (χ0) is 24.4. The van der Waals surface area contributed by atoms with Crippen molar-refractivity contribution in [2.24, 2.45) is 0 Å². The van der Waals surface area contributed by atoms with Crippen LogP contribution in [0.25, 0.3) is 22.9 Å². The number of hydrogen-bond acceptors (Lipinski definition) is 7. The molecule has 0 aliphatic rings. The summed E-state index contributed by atoms with van der Waals surface area (Å²) in [5.74, 6) is -1.59. The summed E-state index contributed by atoms with van der Waals surface area (Å²) in [6, 6.07) is 15.2. The highest BCUT2D eigenvalue weighted by Gasteiger charge is 2.19. The van der Waals surface area contributed by atoms with Crippen LogP contribution in [-0.4, -0.2) is 30.8 Å². The number of aromatic nitrogens is 5. The molecule has 0 unspecified atom stereocenters. The third-order valence-electron chi connectivity index (χ3n) is 5.17. The van der Waals surface area contributed by atoms with Crippen molar-refractivity contribution in [1.82, 2.24) is 24.9 Å². The number of nitrogens with zero attached hydrogens (tertiary/aromatic N) is 5. The minimum Gasteiger partial charge on any atom is -0.382 e. The van der Waals surface area contributed by atoms with Gasteiger partial charge in [0, 0.05) is 11.6 Å². The molecule has 174 valence electrons. The lowest BCUT2D eigenvalue weighted by molar-refractivity contribution is 0.102. The number of nitrogen functional groups attached to an aromatic ring is 1. The maximum atomic E-state index is 14.3. The van der Waals surface area contributed by atoms with Gasteiger partial charge in [0.15, 0.2) is 11.6 Å². The van der Waals surface area contributed by atoms with Gasteiger partial charge in [0.25, 0.3) is 5.91 Å². The maximum Gasteiger partial charge on any atom is 0.258 e. The van der Waals surface area contributed by atoms with Crippen LogP contribution >= 0.6 is 0 Å². The molecule has 0 saturated heterocycles. The summed E-state index contributed by atoms with van der Waals surface area (Å²) in [6.07, 6.45) is 2.72. The van der Waals surface area contributed by atoms with Crippen LogP contribution in [0.1, 0.15) is 15.9 Å². The SMILES string of the molecule is Nc1nc(-c2cc(-c3ccon3)n(Cc3ccccc3F)n2)ncc1NC(=O)c1ccccc1F. The molecule has 3 N–H and O–H groups in total. The van der Waals surface area contributed by atoms with E-state index >= 15 is 0 Å². The van der Waals surface area contributed by atoms with Crippen molar-refractivity contribution in [1.29, 1.82) is 0 Å². The molecule has 3 heterocycles. The largest absolute Gasteiger partial charge is 0.382 e. The Balaban J connectivity index is 1.46. The number of nitrogens with two attached hydrogens (primary N) is 1. The first-order chi connectivity index (χ1) is 17.0. The first kappa shape index (κ1) is 21.9. The molecule has 11 heteroatoms. The fourth-order valence-corrected chi connectivity index (χ4v) is 3.44. The summed E-state index contributed by atoms with van der Waals surface area (Å²) >= 11 is 0. The van der Waals surface area contributed by atoms with Gasteiger partial charge >= 0.3 is 0 Å². The molecule has 35 heavy (non-hydrogen) atoms. The molecule has 0 atom stereocenters. The Morgan fingerprint density at radius 2 is 1.80 bits per heavy atom. The fraction of sp³-hybridized carbons (Fsp3) is 0.0417. The Morgan fingerprint density at radius 3 is 2.51 bits per heavy atom. The number of amides is 1. The van der Waals surface area contributed by atoms with Crippen molar-refractivity contribution in [2.45, 2.75) is 6.54 Å². The van der Waals surface area contributed by atoms with E-state index in [1.54, 1.807) is 41.1 Å². The smallest absolute Gasteiger partial charge is 0.258 e. The van der Waals surface area contributed by atoms with Gasteiger partial charge in [0.2, 0.25) is 0 Å². The molecule has 0 fully saturated rings. The quantitative estimate of drug-likeness (QED) is 0.379. The first-order valence-corrected chi connectivity index (χ1v) is 10.4. The Kier molecular flexibility index (Phi) is 5.71. The van der Waals surface area contributed by atoms with Gasteiger partial charge in [-0.1, -0.05) is 35.5 Å². The van der Waals surface area contributed by atoms with Crippen molar-refractivity contribution in [2.75, 3.05) is 11.1 Å². The van der Waals surface area contributed by atoms with E-state index in [-0.39, 0.29) is 35.3 Å². The molecule has 0 aliphatic carbocycles. The molecule has 3 aromatic heterocycles. The standard InChI is InChI=1S/C24H17F2N7O2/c25-16-7-3-1-5-14(16)13-33-21(18-9-10-35-32-18)11-19(31-33)23-28-12-20(22(27)30-23)29-24(34)15-6-2-4-8-17(15)26/h1-12H,13H2,(H,29,34)(H2,27,28,30). The van der Waals surface area contributed by atoms with Crippen molar-refractivity contribution >= 4 is 17.4 Å². The molecule has 0 spiro atoms. The second kappa shape index (κ2) is 9.14. The van der Waals surface area contributed by atoms with Crippen LogP contribution in [0.5, 0.6) is 0 Å². The van der Waals surface area contributed by atoms with E-state index in [0.717, 1.165) is 0 Å². The molecule has 5 rings (SSSR count). The molecule has 9 nitrogen and oxygen atoms in total. The van der Waals surface area contributed by atoms with E-state index in [1.165, 1.54) is 36.7 Å². The Hall–Kier alpha value is -4.93. The van der Waals surface area contributed by atoms with E-state index in [0.29, 0.717) is 22.6 Å². The van der Waals surface area contributed by atoms with Crippen LogP contribution < -0.4 is 11.1 Å². The van der Waals surface area contributed by atoms with Gasteiger partial charge < -0.3 is 15.6 Å². The van der Waals surface area contributed by atoms with Crippen molar-refractivity contribution in [3.05, 3.63) is 95.9 Å². The third kappa shape index (κ3) is 4.47. The van der Waals surface area contributed by atoms with Crippen molar-refractivity contribution in [3.63, 3.8) is 0 Å². The number of rotatable bonds is 6. The number of benzene rings is 2. The highest BCUT2D eigenvalue weighted by molar-refractivity contribution is 6.05. The molecule has 5 aromatic rings. The molecular formula is C24H17F2N7O2. The third-order valence-corrected chi connectivity index (χ3v) is 5.17. The van der Waals surface area contributed by atoms with Gasteiger partial charge in [0.05, 0.1) is 24.0 Å². The number of carbonyl (C=O) groups is 1. The van der Waals surface area contributed by atoms with E-state index in [9.17, 15) is 13.6 Å². The monoisotopic (exact) mass is 473 g/mol. The van der Waals surface area contributed by atoms with E-state index in [1.807, 2.05) is 0 Å². The first-order valence-electron chi connectivity index (χ1n) is 10.4. The lowest BCUT2D eigenvalue weighted by atomic mass is 10.2. The minimum atomic E-state index is -0.686. The predicted molar refractivity (Wildman–Crippen MR) is 123 cm³/mol. The molecule has 0 saturated carbocycles. The summed E-state index contributed by atoms with van der Waals surface area (Å²) in [6.45, 7) is 0.126. The highest BCUT2D eigenvalue weighted by atomic mass is 19.1. The zero-order valence-corrected chi connectivity index (χ0v) is 18.0. The number of halogens is 2. The Morgan fingerprint density at radius 1 is 1.03 bits per heavy atom. The van der Waals surface area contributed by atoms with Gasteiger partial charge in [-0.05, 0) is 24.3 Å². The van der Waals surface area contributed by atoms with Crippen LogP contribution in [0.3, 0.4) is 0 Å². The summed E-state index contributed by atoms with van der Waals surface area (Å²) in [5.41, 5.74) is 7.83. The second-order valence-electron chi connectivity index (χ2n) is 7.48. The lowest BCUT2D eigenvalue weighted by Crippen LogP contribution is -2.15. The predicted octanol–water partition coefficient (Wildman–Crippen LogP) is 4.16. The van der Waals surface area contributed by atoms with Gasteiger partial charge in [-0.15, -0.1) is 0 Å². The fourth-order valence-electron chi connectivity index (χ4n) is 3.44. The summed E-state index contributed by atoms with van der Waals surface area (Å²) in [7, 11) is 0. The van der Waals surface area contributed by atoms with E-state index in [2.05, 4.69) is 25.5 Å². The Bertz CT molecular complexity index is 1520. The van der Waals surface area contributed by atoms with Crippen LogP contribution in [-0.2, 0) is 6.54 Å². The summed E-state index contributed by atoms with van der Waals surface area (Å²) in [5, 5.41) is 11.0. The van der Waals surface area contributed by atoms with Crippen LogP contribution in [0, 0.1) is 11.6 Å². The van der Waals surface area contributed by atoms with Gasteiger partial charge in [-0.2, -0.15) is 5.10 Å². The zero-order valence-electron chi connectivity index (χ0n) is 18.0. The molecule has 2 aromatic carbocycles. The molecule has 0 bridgehead atoms. The van der Waals surface area contributed by atoms with Crippen molar-refractivity contribution in [3.8, 4) is 22.9 Å². The normalized spacial score (nSPS) is 10.9. The number of hydrogen-bond donors (Lipinski definition) is 2. The van der Waals surface area contributed by atoms with Crippen molar-refractivity contribution < 1.29 is 18.1 Å². The van der Waals surface area contributed by atoms with Gasteiger partial charge in [-0.3, -0.25) is 9.48 Å². The topological polar surface area (TPSA) is 125 Å². The molecule has 0 aliphatic heterocycles. The average molecular weight is 473 g/mol. The number of carbonyl (C=O) groups excluding carboxylic acids is 1. The van der Waals surface area contributed by atoms with Crippen LogP contribution in [0.4, 0.5) is 20.3 Å². The average Bonchev–Trinajstić information content (AvgIpc) is 3.52. The Labute approximate surface area is 197 Å². The van der Waals surface area contributed by atoms with E-state index < -0.39 is 11.7 Å². The number of nitrogens with one attached hydrogen (secondary N) is 1. The highest BCUT2D eigenvalue weighted by Crippen LogP contribution is 2.26. The van der Waals surface area contributed by atoms with Crippen LogP contribution in [0.15, 0.2) is 77.6 Å². The molecule has 0 radical (unpaired) electrons.